The van der Waals surface area contributed by atoms with Gasteiger partial charge in [0.05, 0.1) is 6.61 Å². The molecular formula is C18H22N2O. The van der Waals surface area contributed by atoms with Gasteiger partial charge in [-0.1, -0.05) is 24.3 Å². The number of ether oxygens (including phenoxy) is 1. The average molecular weight is 282 g/mol. The van der Waals surface area contributed by atoms with E-state index in [0.717, 1.165) is 25.3 Å². The van der Waals surface area contributed by atoms with Crippen molar-refractivity contribution in [3.8, 4) is 5.75 Å². The van der Waals surface area contributed by atoms with Crippen LogP contribution in [0.2, 0.25) is 0 Å². The third-order valence-electron chi connectivity index (χ3n) is 4.14. The third kappa shape index (κ3) is 2.74. The second-order valence-corrected chi connectivity index (χ2v) is 5.37. The van der Waals surface area contributed by atoms with Crippen LogP contribution in [0.4, 0.5) is 11.4 Å². The van der Waals surface area contributed by atoms with E-state index in [2.05, 4.69) is 54.3 Å². The summed E-state index contributed by atoms with van der Waals surface area (Å²) < 4.78 is 5.84. The van der Waals surface area contributed by atoms with Gasteiger partial charge in [-0.3, -0.25) is 0 Å². The van der Waals surface area contributed by atoms with Gasteiger partial charge in [-0.25, -0.2) is 0 Å². The molecule has 2 N–H and O–H groups in total. The zero-order chi connectivity index (χ0) is 14.7. The molecule has 0 fully saturated rings. The van der Waals surface area contributed by atoms with Crippen LogP contribution >= 0.6 is 0 Å². The standard InChI is InChI=1S/C18H22N2O/c1-2-20(15-6-4-3-5-7-15)16-8-9-17-14(13-19)10-11-21-18(17)12-16/h3-9,12,14H,2,10-11,13,19H2,1H3/t14-/m0/s1. The summed E-state index contributed by atoms with van der Waals surface area (Å²) in [6.45, 7) is 4.53. The second-order valence-electron chi connectivity index (χ2n) is 5.37. The van der Waals surface area contributed by atoms with Crippen molar-refractivity contribution in [1.82, 2.24) is 0 Å². The molecular weight excluding hydrogens is 260 g/mol. The van der Waals surface area contributed by atoms with Crippen LogP contribution in [0.3, 0.4) is 0 Å². The Morgan fingerprint density at radius 2 is 1.95 bits per heavy atom. The molecule has 1 heterocycles. The van der Waals surface area contributed by atoms with Gasteiger partial charge in [-0.15, -0.1) is 0 Å². The summed E-state index contributed by atoms with van der Waals surface area (Å²) in [4.78, 5) is 2.29. The number of anilines is 2. The fraction of sp³-hybridized carbons (Fsp3) is 0.333. The molecule has 2 aromatic carbocycles. The lowest BCUT2D eigenvalue weighted by Gasteiger charge is -2.28. The van der Waals surface area contributed by atoms with Gasteiger partial charge in [-0.05, 0) is 43.7 Å². The summed E-state index contributed by atoms with van der Waals surface area (Å²) in [6.07, 6.45) is 1.01. The fourth-order valence-corrected chi connectivity index (χ4v) is 2.99. The Kier molecular flexibility index (Phi) is 4.11. The Labute approximate surface area is 126 Å². The van der Waals surface area contributed by atoms with E-state index in [-0.39, 0.29) is 0 Å². The molecule has 0 spiro atoms. The van der Waals surface area contributed by atoms with Gasteiger partial charge in [0, 0.05) is 29.9 Å². The van der Waals surface area contributed by atoms with E-state index in [1.54, 1.807) is 0 Å². The van der Waals surface area contributed by atoms with Crippen molar-refractivity contribution in [1.29, 1.82) is 0 Å². The van der Waals surface area contributed by atoms with Crippen LogP contribution in [0.5, 0.6) is 5.75 Å². The first-order valence-electron chi connectivity index (χ1n) is 7.63. The lowest BCUT2D eigenvalue weighted by atomic mass is 9.93. The molecule has 21 heavy (non-hydrogen) atoms. The highest BCUT2D eigenvalue weighted by Gasteiger charge is 2.21. The summed E-state index contributed by atoms with van der Waals surface area (Å²) in [7, 11) is 0. The van der Waals surface area contributed by atoms with Crippen LogP contribution < -0.4 is 15.4 Å². The van der Waals surface area contributed by atoms with Crippen LogP contribution in [0.1, 0.15) is 24.8 Å². The van der Waals surface area contributed by atoms with E-state index in [0.29, 0.717) is 12.5 Å². The highest BCUT2D eigenvalue weighted by Crippen LogP contribution is 2.37. The highest BCUT2D eigenvalue weighted by molar-refractivity contribution is 5.65. The van der Waals surface area contributed by atoms with Gasteiger partial charge in [0.2, 0.25) is 0 Å². The van der Waals surface area contributed by atoms with E-state index in [4.69, 9.17) is 10.5 Å². The molecule has 2 aromatic rings. The summed E-state index contributed by atoms with van der Waals surface area (Å²) in [6, 6.07) is 16.9. The molecule has 0 amide bonds. The topological polar surface area (TPSA) is 38.5 Å². The molecule has 0 aliphatic carbocycles. The average Bonchev–Trinajstić information content (AvgIpc) is 2.56. The maximum absolute atomic E-state index is 5.87. The van der Waals surface area contributed by atoms with E-state index in [9.17, 15) is 0 Å². The van der Waals surface area contributed by atoms with Crippen molar-refractivity contribution in [2.75, 3.05) is 24.6 Å². The minimum Gasteiger partial charge on any atom is -0.493 e. The molecule has 1 aliphatic rings. The van der Waals surface area contributed by atoms with Gasteiger partial charge < -0.3 is 15.4 Å². The first-order chi connectivity index (χ1) is 10.3. The molecule has 0 saturated heterocycles. The largest absolute Gasteiger partial charge is 0.493 e. The Hall–Kier alpha value is -2.00. The van der Waals surface area contributed by atoms with Crippen molar-refractivity contribution in [2.45, 2.75) is 19.3 Å². The molecule has 3 heteroatoms. The first kappa shape index (κ1) is 14.0. The maximum Gasteiger partial charge on any atom is 0.124 e. The predicted octanol–water partition coefficient (Wildman–Crippen LogP) is 3.67. The minimum atomic E-state index is 0.426. The number of benzene rings is 2. The normalized spacial score (nSPS) is 17.0. The highest BCUT2D eigenvalue weighted by atomic mass is 16.5. The minimum absolute atomic E-state index is 0.426. The smallest absolute Gasteiger partial charge is 0.124 e. The van der Waals surface area contributed by atoms with E-state index < -0.39 is 0 Å². The molecule has 1 aliphatic heterocycles. The zero-order valence-electron chi connectivity index (χ0n) is 12.5. The van der Waals surface area contributed by atoms with Crippen molar-refractivity contribution in [3.05, 3.63) is 54.1 Å². The van der Waals surface area contributed by atoms with Crippen LogP contribution in [0.15, 0.2) is 48.5 Å². The Morgan fingerprint density at radius 1 is 1.14 bits per heavy atom. The van der Waals surface area contributed by atoms with E-state index in [1.165, 1.54) is 16.9 Å². The molecule has 0 unspecified atom stereocenters. The molecule has 0 saturated carbocycles. The van der Waals surface area contributed by atoms with Gasteiger partial charge in [0.25, 0.3) is 0 Å². The lowest BCUT2D eigenvalue weighted by Crippen LogP contribution is -2.22. The van der Waals surface area contributed by atoms with Crippen LogP contribution in [0, 0.1) is 0 Å². The maximum atomic E-state index is 5.87. The Balaban J connectivity index is 1.96. The van der Waals surface area contributed by atoms with Gasteiger partial charge in [-0.2, -0.15) is 0 Å². The predicted molar refractivity (Wildman–Crippen MR) is 87.5 cm³/mol. The summed E-state index contributed by atoms with van der Waals surface area (Å²) in [5.74, 6) is 1.41. The second kappa shape index (κ2) is 6.19. The van der Waals surface area contributed by atoms with Crippen LogP contribution in [-0.2, 0) is 0 Å². The molecule has 0 aromatic heterocycles. The number of hydrogen-bond acceptors (Lipinski definition) is 3. The number of nitrogens with zero attached hydrogens (tertiary/aromatic N) is 1. The van der Waals surface area contributed by atoms with Crippen molar-refractivity contribution in [3.63, 3.8) is 0 Å². The van der Waals surface area contributed by atoms with Gasteiger partial charge >= 0.3 is 0 Å². The SMILES string of the molecule is CCN(c1ccccc1)c1ccc2c(c1)OCC[C@H]2CN. The zero-order valence-corrected chi connectivity index (χ0v) is 12.5. The van der Waals surface area contributed by atoms with Gasteiger partial charge in [0.15, 0.2) is 0 Å². The third-order valence-corrected chi connectivity index (χ3v) is 4.14. The summed E-state index contributed by atoms with van der Waals surface area (Å²) in [5.41, 5.74) is 9.48. The number of rotatable bonds is 4. The number of hydrogen-bond donors (Lipinski definition) is 1. The van der Waals surface area contributed by atoms with Crippen molar-refractivity contribution < 1.29 is 4.74 Å². The Morgan fingerprint density at radius 3 is 2.67 bits per heavy atom. The van der Waals surface area contributed by atoms with Crippen molar-refractivity contribution in [2.24, 2.45) is 5.73 Å². The monoisotopic (exact) mass is 282 g/mol. The van der Waals surface area contributed by atoms with Crippen LogP contribution in [-0.4, -0.2) is 19.7 Å². The molecule has 0 radical (unpaired) electrons. The quantitative estimate of drug-likeness (QED) is 0.930. The van der Waals surface area contributed by atoms with Gasteiger partial charge in [0.1, 0.15) is 5.75 Å². The lowest BCUT2D eigenvalue weighted by molar-refractivity contribution is 0.269. The van der Waals surface area contributed by atoms with Crippen LogP contribution in [0.25, 0.3) is 0 Å². The Bertz CT molecular complexity index is 597. The first-order valence-corrected chi connectivity index (χ1v) is 7.63. The molecule has 3 rings (SSSR count). The van der Waals surface area contributed by atoms with E-state index in [1.807, 2.05) is 6.07 Å². The number of nitrogens with two attached hydrogens (primary N) is 1. The van der Waals surface area contributed by atoms with Crippen molar-refractivity contribution >= 4 is 11.4 Å². The molecule has 3 nitrogen and oxygen atoms in total. The summed E-state index contributed by atoms with van der Waals surface area (Å²) >= 11 is 0. The number of fused-ring (bicyclic) bond motifs is 1. The number of para-hydroxylation sites is 1. The fourth-order valence-electron chi connectivity index (χ4n) is 2.99. The summed E-state index contributed by atoms with van der Waals surface area (Å²) in [5, 5.41) is 0. The molecule has 1 atom stereocenters. The molecule has 0 bridgehead atoms. The van der Waals surface area contributed by atoms with E-state index >= 15 is 0 Å². The molecule has 110 valence electrons.